The molecule has 0 radical (unpaired) electrons. The van der Waals surface area contributed by atoms with E-state index in [1.54, 1.807) is 0 Å². The van der Waals surface area contributed by atoms with Crippen LogP contribution in [0.15, 0.2) is 0 Å². The summed E-state index contributed by atoms with van der Waals surface area (Å²) < 4.78 is 5.81. The summed E-state index contributed by atoms with van der Waals surface area (Å²) in [6.07, 6.45) is 8.59. The second-order valence-electron chi connectivity index (χ2n) is 5.69. The van der Waals surface area contributed by atoms with Gasteiger partial charge in [0.2, 0.25) is 5.91 Å². The van der Waals surface area contributed by atoms with Crippen molar-refractivity contribution in [1.29, 1.82) is 0 Å². The van der Waals surface area contributed by atoms with E-state index in [9.17, 15) is 4.79 Å². The van der Waals surface area contributed by atoms with E-state index in [4.69, 9.17) is 10.5 Å². The Labute approximate surface area is 129 Å². The Kier molecular flexibility index (Phi) is 11.2. The number of carbonyl (C=O) groups is 1. The molecule has 0 aliphatic heterocycles. The molecule has 3 N–H and O–H groups in total. The number of rotatable bonds is 8. The van der Waals surface area contributed by atoms with Gasteiger partial charge in [0.1, 0.15) is 0 Å². The van der Waals surface area contributed by atoms with Crippen molar-refractivity contribution < 1.29 is 9.53 Å². The van der Waals surface area contributed by atoms with E-state index in [0.29, 0.717) is 12.6 Å². The Balaban J connectivity index is 0.00000361. The van der Waals surface area contributed by atoms with Crippen LogP contribution >= 0.6 is 12.4 Å². The van der Waals surface area contributed by atoms with Crippen LogP contribution in [0.2, 0.25) is 0 Å². The lowest BCUT2D eigenvalue weighted by Gasteiger charge is -2.22. The maximum Gasteiger partial charge on any atom is 0.237 e. The van der Waals surface area contributed by atoms with Crippen molar-refractivity contribution in [2.24, 2.45) is 11.7 Å². The molecule has 0 aromatic heterocycles. The van der Waals surface area contributed by atoms with Crippen LogP contribution in [0.25, 0.3) is 0 Å². The SMILES string of the molecule is CCC(C)C(N)C(=O)NCCCOC1CCCCC1.Cl. The summed E-state index contributed by atoms with van der Waals surface area (Å²) in [4.78, 5) is 11.7. The second kappa shape index (κ2) is 11.4. The Morgan fingerprint density at radius 1 is 1.35 bits per heavy atom. The molecule has 1 aliphatic rings. The fraction of sp³-hybridized carbons (Fsp3) is 0.933. The normalized spacial score (nSPS) is 18.9. The van der Waals surface area contributed by atoms with Crippen molar-refractivity contribution >= 4 is 18.3 Å². The van der Waals surface area contributed by atoms with E-state index in [1.165, 1.54) is 32.1 Å². The van der Waals surface area contributed by atoms with Gasteiger partial charge >= 0.3 is 0 Å². The molecule has 0 bridgehead atoms. The molecule has 2 atom stereocenters. The number of nitrogens with one attached hydrogen (secondary N) is 1. The molecular formula is C15H31ClN2O2. The van der Waals surface area contributed by atoms with Crippen LogP contribution in [0.4, 0.5) is 0 Å². The summed E-state index contributed by atoms with van der Waals surface area (Å²) in [6, 6.07) is -0.385. The van der Waals surface area contributed by atoms with E-state index < -0.39 is 0 Å². The molecule has 0 spiro atoms. The lowest BCUT2D eigenvalue weighted by molar-refractivity contribution is -0.123. The highest BCUT2D eigenvalue weighted by Crippen LogP contribution is 2.20. The van der Waals surface area contributed by atoms with Crippen LogP contribution in [0.3, 0.4) is 0 Å². The summed E-state index contributed by atoms with van der Waals surface area (Å²) in [5.41, 5.74) is 5.86. The molecule has 20 heavy (non-hydrogen) atoms. The van der Waals surface area contributed by atoms with Gasteiger partial charge in [-0.3, -0.25) is 4.79 Å². The maximum atomic E-state index is 11.7. The fourth-order valence-corrected chi connectivity index (χ4v) is 2.40. The predicted octanol–water partition coefficient (Wildman–Crippen LogP) is 2.64. The summed E-state index contributed by atoms with van der Waals surface area (Å²) in [7, 11) is 0. The molecule has 1 aliphatic carbocycles. The Bertz CT molecular complexity index is 258. The minimum atomic E-state index is -0.385. The molecule has 2 unspecified atom stereocenters. The molecular weight excluding hydrogens is 276 g/mol. The molecule has 0 aromatic carbocycles. The molecule has 1 rings (SSSR count). The Hall–Kier alpha value is -0.320. The molecule has 1 fully saturated rings. The van der Waals surface area contributed by atoms with Gasteiger partial charge in [-0.15, -0.1) is 12.4 Å². The van der Waals surface area contributed by atoms with Gasteiger partial charge in [0.05, 0.1) is 12.1 Å². The summed E-state index contributed by atoms with van der Waals surface area (Å²) in [5, 5.41) is 2.89. The zero-order valence-corrected chi connectivity index (χ0v) is 13.7. The highest BCUT2D eigenvalue weighted by molar-refractivity contribution is 5.85. The van der Waals surface area contributed by atoms with Crippen molar-refractivity contribution in [3.8, 4) is 0 Å². The maximum absolute atomic E-state index is 11.7. The summed E-state index contributed by atoms with van der Waals surface area (Å²) in [5.74, 6) is 0.200. The van der Waals surface area contributed by atoms with Gasteiger partial charge < -0.3 is 15.8 Å². The largest absolute Gasteiger partial charge is 0.378 e. The lowest BCUT2D eigenvalue weighted by Crippen LogP contribution is -2.45. The van der Waals surface area contributed by atoms with E-state index >= 15 is 0 Å². The molecule has 0 heterocycles. The zero-order valence-electron chi connectivity index (χ0n) is 12.9. The Morgan fingerprint density at radius 2 is 2.00 bits per heavy atom. The third-order valence-corrected chi connectivity index (χ3v) is 4.09. The van der Waals surface area contributed by atoms with Crippen LogP contribution < -0.4 is 11.1 Å². The molecule has 120 valence electrons. The van der Waals surface area contributed by atoms with Gasteiger partial charge in [-0.2, -0.15) is 0 Å². The van der Waals surface area contributed by atoms with Gasteiger partial charge in [-0.05, 0) is 25.2 Å². The molecule has 1 amide bonds. The average molecular weight is 307 g/mol. The number of nitrogens with two attached hydrogens (primary N) is 1. The van der Waals surface area contributed by atoms with Gasteiger partial charge in [-0.1, -0.05) is 39.5 Å². The number of amides is 1. The van der Waals surface area contributed by atoms with Crippen molar-refractivity contribution in [3.63, 3.8) is 0 Å². The first-order valence-electron chi connectivity index (χ1n) is 7.80. The summed E-state index contributed by atoms with van der Waals surface area (Å²) >= 11 is 0. The zero-order chi connectivity index (χ0) is 14.1. The average Bonchev–Trinajstić information content (AvgIpc) is 2.46. The van der Waals surface area contributed by atoms with Crippen LogP contribution in [0.1, 0.15) is 58.8 Å². The molecule has 1 saturated carbocycles. The fourth-order valence-electron chi connectivity index (χ4n) is 2.40. The molecule has 0 aromatic rings. The van der Waals surface area contributed by atoms with Crippen molar-refractivity contribution in [1.82, 2.24) is 5.32 Å². The highest BCUT2D eigenvalue weighted by atomic mass is 35.5. The first-order chi connectivity index (χ1) is 9.15. The van der Waals surface area contributed by atoms with E-state index in [1.807, 2.05) is 6.92 Å². The highest BCUT2D eigenvalue weighted by Gasteiger charge is 2.18. The van der Waals surface area contributed by atoms with E-state index in [0.717, 1.165) is 19.4 Å². The minimum Gasteiger partial charge on any atom is -0.378 e. The number of carbonyl (C=O) groups excluding carboxylic acids is 1. The second-order valence-corrected chi connectivity index (χ2v) is 5.69. The molecule has 4 nitrogen and oxygen atoms in total. The van der Waals surface area contributed by atoms with Crippen LogP contribution in [0.5, 0.6) is 0 Å². The van der Waals surface area contributed by atoms with Crippen LogP contribution in [-0.2, 0) is 9.53 Å². The third-order valence-electron chi connectivity index (χ3n) is 4.09. The third kappa shape index (κ3) is 7.46. The topological polar surface area (TPSA) is 64.4 Å². The lowest BCUT2D eigenvalue weighted by atomic mass is 9.98. The van der Waals surface area contributed by atoms with E-state index in [-0.39, 0.29) is 30.3 Å². The van der Waals surface area contributed by atoms with Crippen molar-refractivity contribution in [2.45, 2.75) is 70.9 Å². The standard InChI is InChI=1S/C15H30N2O2.ClH/c1-3-12(2)14(16)15(18)17-10-7-11-19-13-8-5-4-6-9-13;/h12-14H,3-11,16H2,1-2H3,(H,17,18);1H. The number of ether oxygens (including phenoxy) is 1. The minimum absolute atomic E-state index is 0. The van der Waals surface area contributed by atoms with E-state index in [2.05, 4.69) is 12.2 Å². The van der Waals surface area contributed by atoms with Gasteiger partial charge in [0, 0.05) is 13.2 Å². The molecule has 0 saturated heterocycles. The summed E-state index contributed by atoms with van der Waals surface area (Å²) in [6.45, 7) is 5.46. The first-order valence-corrected chi connectivity index (χ1v) is 7.80. The number of halogens is 1. The van der Waals surface area contributed by atoms with Gasteiger partial charge in [0.25, 0.3) is 0 Å². The smallest absolute Gasteiger partial charge is 0.237 e. The number of hydrogen-bond acceptors (Lipinski definition) is 3. The van der Waals surface area contributed by atoms with Gasteiger partial charge in [0.15, 0.2) is 0 Å². The Morgan fingerprint density at radius 3 is 2.60 bits per heavy atom. The van der Waals surface area contributed by atoms with Crippen LogP contribution in [-0.4, -0.2) is 31.2 Å². The number of hydrogen-bond donors (Lipinski definition) is 2. The van der Waals surface area contributed by atoms with Gasteiger partial charge in [-0.25, -0.2) is 0 Å². The monoisotopic (exact) mass is 306 g/mol. The van der Waals surface area contributed by atoms with Crippen molar-refractivity contribution in [2.75, 3.05) is 13.2 Å². The quantitative estimate of drug-likeness (QED) is 0.678. The van der Waals surface area contributed by atoms with Crippen LogP contribution in [0, 0.1) is 5.92 Å². The first kappa shape index (κ1) is 19.7. The van der Waals surface area contributed by atoms with Crippen molar-refractivity contribution in [3.05, 3.63) is 0 Å². The molecule has 5 heteroatoms. The predicted molar refractivity (Wildman–Crippen MR) is 85.1 cm³/mol.